The van der Waals surface area contributed by atoms with Gasteiger partial charge in [-0.05, 0) is 57.3 Å². The lowest BCUT2D eigenvalue weighted by Crippen LogP contribution is -2.56. The summed E-state index contributed by atoms with van der Waals surface area (Å²) in [5.74, 6) is -6.73. The van der Waals surface area contributed by atoms with Gasteiger partial charge in [0.1, 0.15) is 18.5 Å². The maximum absolute atomic E-state index is 14.6. The number of pyridine rings is 1. The first kappa shape index (κ1) is 25.9. The van der Waals surface area contributed by atoms with Crippen molar-refractivity contribution in [3.8, 4) is 0 Å². The highest BCUT2D eigenvalue weighted by Gasteiger charge is 2.38. The molecule has 1 aliphatic heterocycles. The van der Waals surface area contributed by atoms with Gasteiger partial charge in [0.15, 0.2) is 17.5 Å². The Hall–Kier alpha value is -1.76. The number of nitrogens with one attached hydrogen (secondary N) is 2. The maximum Gasteiger partial charge on any atom is 0.256 e. The quantitative estimate of drug-likeness (QED) is 0.190. The number of carbonyl (C=O) groups excluding carboxylic acids is 2. The zero-order chi connectivity index (χ0) is 24.3. The van der Waals surface area contributed by atoms with E-state index in [0.717, 1.165) is 8.47 Å². The maximum atomic E-state index is 14.6. The minimum atomic E-state index is -1.74. The van der Waals surface area contributed by atoms with Crippen LogP contribution in [0.1, 0.15) is 10.4 Å². The van der Waals surface area contributed by atoms with Crippen LogP contribution in [0.25, 0.3) is 0 Å². The lowest BCUT2D eigenvalue weighted by Gasteiger charge is -2.38. The van der Waals surface area contributed by atoms with Crippen LogP contribution in [0.3, 0.4) is 0 Å². The Morgan fingerprint density at radius 1 is 1.24 bits per heavy atom. The molecule has 0 radical (unpaired) electrons. The molecule has 9 nitrogen and oxygen atoms in total. The van der Waals surface area contributed by atoms with Crippen LogP contribution in [0, 0.1) is 30.5 Å². The van der Waals surface area contributed by atoms with Gasteiger partial charge in [-0.25, -0.2) is 23.6 Å². The Labute approximate surface area is 212 Å². The number of nitrogens with zero attached hydrogens (tertiary/aromatic N) is 2. The van der Waals surface area contributed by atoms with Crippen molar-refractivity contribution in [3.05, 3.63) is 48.5 Å². The van der Waals surface area contributed by atoms with Crippen LogP contribution in [0.2, 0.25) is 0 Å². The number of benzene rings is 1. The summed E-state index contributed by atoms with van der Waals surface area (Å²) in [6.07, 6.45) is 0.314. The van der Waals surface area contributed by atoms with Crippen LogP contribution in [0.15, 0.2) is 18.3 Å². The predicted octanol–water partition coefficient (Wildman–Crippen LogP) is 1.92. The summed E-state index contributed by atoms with van der Waals surface area (Å²) >= 11 is 3.95. The molecule has 2 amide bonds. The number of hydroxylamine groups is 1. The molecular formula is C19H17F3I2N4O5. The number of amides is 2. The molecule has 1 saturated heterocycles. The molecule has 1 unspecified atom stereocenters. The summed E-state index contributed by atoms with van der Waals surface area (Å²) in [5.41, 5.74) is 1.07. The van der Waals surface area contributed by atoms with E-state index in [4.69, 9.17) is 15.1 Å². The number of anilines is 2. The molecule has 1 aromatic carbocycles. The van der Waals surface area contributed by atoms with Gasteiger partial charge >= 0.3 is 0 Å². The highest BCUT2D eigenvalue weighted by molar-refractivity contribution is 14.1. The van der Waals surface area contributed by atoms with E-state index in [1.54, 1.807) is 6.07 Å². The van der Waals surface area contributed by atoms with E-state index >= 15 is 0 Å². The zero-order valence-electron chi connectivity index (χ0n) is 16.6. The van der Waals surface area contributed by atoms with E-state index in [1.807, 2.05) is 45.2 Å². The third-order valence-corrected chi connectivity index (χ3v) is 6.05. The lowest BCUT2D eigenvalue weighted by atomic mass is 9.97. The van der Waals surface area contributed by atoms with Crippen molar-refractivity contribution in [3.63, 3.8) is 0 Å². The van der Waals surface area contributed by atoms with Gasteiger partial charge in [0, 0.05) is 22.9 Å². The largest absolute Gasteiger partial charge is 0.394 e. The number of carbonyl (C=O) groups is 2. The fraction of sp³-hybridized carbons (Fsp3) is 0.316. The number of aliphatic hydroxyl groups is 2. The predicted molar refractivity (Wildman–Crippen MR) is 126 cm³/mol. The molecule has 0 spiro atoms. The molecular weight excluding hydrogens is 675 g/mol. The van der Waals surface area contributed by atoms with Crippen LogP contribution >= 0.6 is 45.2 Å². The average molecular weight is 692 g/mol. The van der Waals surface area contributed by atoms with Gasteiger partial charge in [0.05, 0.1) is 27.3 Å². The zero-order valence-corrected chi connectivity index (χ0v) is 20.9. The summed E-state index contributed by atoms with van der Waals surface area (Å²) in [6, 6.07) is 2.31. The molecule has 1 aromatic heterocycles. The molecule has 0 aliphatic carbocycles. The van der Waals surface area contributed by atoms with Gasteiger partial charge < -0.3 is 20.4 Å². The lowest BCUT2D eigenvalue weighted by molar-refractivity contribution is -0.145. The molecule has 0 bridgehead atoms. The number of likely N-dealkylation sites (tertiary alicyclic amines) is 1. The minimum Gasteiger partial charge on any atom is -0.394 e. The second kappa shape index (κ2) is 11.1. The molecule has 1 aliphatic rings. The summed E-state index contributed by atoms with van der Waals surface area (Å²) < 4.78 is 43.8. The van der Waals surface area contributed by atoms with Crippen LogP contribution < -0.4 is 10.8 Å². The van der Waals surface area contributed by atoms with E-state index < -0.39 is 59.1 Å². The topological polar surface area (TPSA) is 124 Å². The number of halogens is 5. The Bertz CT molecular complexity index is 1070. The molecule has 1 atom stereocenters. The SMILES string of the molecule is O=C(NOCC(O)CO)C1CN(C(=O)c2cc(F)c(F)c(F)c2Nc2ncc(I)cc2I)C1. The van der Waals surface area contributed by atoms with Crippen molar-refractivity contribution < 1.29 is 37.8 Å². The molecule has 178 valence electrons. The Kier molecular flexibility index (Phi) is 8.70. The normalized spacial score (nSPS) is 14.6. The first-order valence-electron chi connectivity index (χ1n) is 9.37. The number of rotatable bonds is 8. The Morgan fingerprint density at radius 2 is 1.94 bits per heavy atom. The fourth-order valence-electron chi connectivity index (χ4n) is 2.84. The van der Waals surface area contributed by atoms with Gasteiger partial charge in [0.2, 0.25) is 5.91 Å². The van der Waals surface area contributed by atoms with E-state index in [2.05, 4.69) is 15.8 Å². The summed E-state index contributed by atoms with van der Waals surface area (Å²) in [7, 11) is 0. The van der Waals surface area contributed by atoms with Gasteiger partial charge in [-0.2, -0.15) is 0 Å². The van der Waals surface area contributed by atoms with E-state index in [0.29, 0.717) is 9.64 Å². The summed E-state index contributed by atoms with van der Waals surface area (Å²) in [5, 5.41) is 20.4. The summed E-state index contributed by atoms with van der Waals surface area (Å²) in [6.45, 7) is -1.02. The second-order valence-electron chi connectivity index (χ2n) is 7.04. The van der Waals surface area contributed by atoms with Gasteiger partial charge in [-0.15, -0.1) is 0 Å². The van der Waals surface area contributed by atoms with Crippen LogP contribution in [0.5, 0.6) is 0 Å². The van der Waals surface area contributed by atoms with Crippen molar-refractivity contribution >= 4 is 68.5 Å². The molecule has 3 rings (SSSR count). The first-order chi connectivity index (χ1) is 15.6. The number of hydrogen-bond acceptors (Lipinski definition) is 7. The Balaban J connectivity index is 1.74. The number of aromatic nitrogens is 1. The smallest absolute Gasteiger partial charge is 0.256 e. The highest BCUT2D eigenvalue weighted by atomic mass is 127. The highest BCUT2D eigenvalue weighted by Crippen LogP contribution is 2.32. The van der Waals surface area contributed by atoms with E-state index in [1.165, 1.54) is 6.20 Å². The molecule has 1 fully saturated rings. The second-order valence-corrected chi connectivity index (χ2v) is 9.45. The van der Waals surface area contributed by atoms with Gasteiger partial charge in [-0.1, -0.05) is 0 Å². The monoisotopic (exact) mass is 692 g/mol. The molecule has 2 aromatic rings. The minimum absolute atomic E-state index is 0.0735. The van der Waals surface area contributed by atoms with Gasteiger partial charge in [-0.3, -0.25) is 14.4 Å². The van der Waals surface area contributed by atoms with Crippen LogP contribution in [-0.4, -0.2) is 64.3 Å². The molecule has 0 saturated carbocycles. The number of hydrogen-bond donors (Lipinski definition) is 4. The fourth-order valence-corrected chi connectivity index (χ4v) is 4.49. The molecule has 4 N–H and O–H groups in total. The molecule has 2 heterocycles. The third-order valence-electron chi connectivity index (χ3n) is 4.64. The summed E-state index contributed by atoms with van der Waals surface area (Å²) in [4.78, 5) is 34.9. The van der Waals surface area contributed by atoms with Crippen molar-refractivity contribution in [2.75, 3.05) is 31.6 Å². The number of aliphatic hydroxyl groups excluding tert-OH is 2. The van der Waals surface area contributed by atoms with Crippen LogP contribution in [-0.2, 0) is 9.63 Å². The standard InChI is InChI=1S/C19H17F3I2N4O5/c20-12-2-11(16(15(22)14(12)21)26-17-13(24)1-9(23)3-25-17)19(32)28-4-8(5-28)18(31)27-33-7-10(30)6-29/h1-3,8,10,29-30H,4-7H2,(H,25,26)(H,27,31). The van der Waals surface area contributed by atoms with Crippen molar-refractivity contribution in [2.24, 2.45) is 5.92 Å². The van der Waals surface area contributed by atoms with Crippen molar-refractivity contribution in [1.82, 2.24) is 15.4 Å². The van der Waals surface area contributed by atoms with Gasteiger partial charge in [0.25, 0.3) is 5.91 Å². The molecule has 14 heteroatoms. The molecule has 33 heavy (non-hydrogen) atoms. The Morgan fingerprint density at radius 3 is 2.58 bits per heavy atom. The van der Waals surface area contributed by atoms with Crippen molar-refractivity contribution in [2.45, 2.75) is 6.10 Å². The first-order valence-corrected chi connectivity index (χ1v) is 11.5. The average Bonchev–Trinajstić information content (AvgIpc) is 2.74. The van der Waals surface area contributed by atoms with Crippen LogP contribution in [0.4, 0.5) is 24.7 Å². The van der Waals surface area contributed by atoms with E-state index in [9.17, 15) is 22.8 Å². The van der Waals surface area contributed by atoms with Crippen molar-refractivity contribution in [1.29, 1.82) is 0 Å². The third kappa shape index (κ3) is 6.03. The van der Waals surface area contributed by atoms with E-state index in [-0.39, 0.29) is 25.5 Å².